The van der Waals surface area contributed by atoms with Crippen molar-refractivity contribution in [2.24, 2.45) is 0 Å². The number of aliphatic carboxylic acids is 1. The highest BCUT2D eigenvalue weighted by atomic mass is 16.5. The number of ether oxygens (including phenoxy) is 2. The molecule has 5 nitrogen and oxygen atoms in total. The second kappa shape index (κ2) is 6.35. The number of hydrogen-bond donors (Lipinski definition) is 1. The fourth-order valence-corrected chi connectivity index (χ4v) is 3.01. The van der Waals surface area contributed by atoms with Gasteiger partial charge in [0, 0.05) is 0 Å². The fourth-order valence-electron chi connectivity index (χ4n) is 3.01. The molecule has 0 radical (unpaired) electrons. The number of carboxylic acid groups (broad SMARTS) is 1. The first-order chi connectivity index (χ1) is 10.1. The van der Waals surface area contributed by atoms with E-state index in [9.17, 15) is 9.90 Å². The first-order valence-electron chi connectivity index (χ1n) is 7.25. The lowest BCUT2D eigenvalue weighted by Gasteiger charge is -2.39. The zero-order valence-electron chi connectivity index (χ0n) is 12.9. The normalized spacial score (nSPS) is 18.2. The number of rotatable bonds is 5. The van der Waals surface area contributed by atoms with Gasteiger partial charge in [-0.1, -0.05) is 13.0 Å². The van der Waals surface area contributed by atoms with Gasteiger partial charge < -0.3 is 19.5 Å². The average Bonchev–Trinajstić information content (AvgIpc) is 2.53. The molecule has 0 saturated carbocycles. The van der Waals surface area contributed by atoms with Gasteiger partial charge in [0.15, 0.2) is 11.5 Å². The zero-order valence-corrected chi connectivity index (χ0v) is 12.9. The highest BCUT2D eigenvalue weighted by molar-refractivity contribution is 5.82. The number of piperidine rings is 1. The molecule has 1 fully saturated rings. The summed E-state index contributed by atoms with van der Waals surface area (Å²) in [6, 6.07) is 5.43. The zero-order chi connectivity index (χ0) is 15.5. The van der Waals surface area contributed by atoms with Crippen LogP contribution >= 0.6 is 0 Å². The largest absolute Gasteiger partial charge is 0.493 e. The van der Waals surface area contributed by atoms with Crippen molar-refractivity contribution in [3.63, 3.8) is 0 Å². The van der Waals surface area contributed by atoms with Crippen LogP contribution < -0.4 is 9.47 Å². The van der Waals surface area contributed by atoms with Crippen LogP contribution in [-0.4, -0.2) is 49.8 Å². The van der Waals surface area contributed by atoms with Crippen molar-refractivity contribution >= 4 is 5.97 Å². The minimum absolute atomic E-state index is 0.577. The van der Waals surface area contributed by atoms with Gasteiger partial charge in [-0.15, -0.1) is 0 Å². The van der Waals surface area contributed by atoms with Gasteiger partial charge in [0.05, 0.1) is 19.6 Å². The monoisotopic (exact) mass is 293 g/mol. The van der Waals surface area contributed by atoms with E-state index in [1.54, 1.807) is 26.4 Å². The Morgan fingerprint density at radius 2 is 1.86 bits per heavy atom. The molecule has 0 bridgehead atoms. The molecule has 0 unspecified atom stereocenters. The van der Waals surface area contributed by atoms with Crippen LogP contribution in [0.1, 0.15) is 25.3 Å². The molecule has 0 aliphatic carbocycles. The van der Waals surface area contributed by atoms with E-state index in [1.807, 2.05) is 6.07 Å². The summed E-state index contributed by atoms with van der Waals surface area (Å²) in [6.07, 6.45) is 1.23. The first-order valence-corrected chi connectivity index (χ1v) is 7.25. The maximum absolute atomic E-state index is 11.9. The summed E-state index contributed by atoms with van der Waals surface area (Å²) in [5, 5.41) is 9.80. The van der Waals surface area contributed by atoms with Crippen molar-refractivity contribution in [3.8, 4) is 11.5 Å². The minimum Gasteiger partial charge on any atom is -0.493 e. The second-order valence-corrected chi connectivity index (χ2v) is 5.39. The summed E-state index contributed by atoms with van der Waals surface area (Å²) in [6.45, 7) is 4.67. The molecule has 2 rings (SSSR count). The third-order valence-electron chi connectivity index (χ3n) is 4.50. The lowest BCUT2D eigenvalue weighted by molar-refractivity contribution is -0.146. The number of benzene rings is 1. The Hall–Kier alpha value is -1.75. The van der Waals surface area contributed by atoms with Gasteiger partial charge in [-0.25, -0.2) is 0 Å². The number of nitrogens with zero attached hydrogens (tertiary/aromatic N) is 1. The molecule has 1 heterocycles. The molecule has 1 saturated heterocycles. The maximum atomic E-state index is 11.9. The Bertz CT molecular complexity index is 507. The minimum atomic E-state index is -0.828. The lowest BCUT2D eigenvalue weighted by atomic mass is 9.72. The summed E-state index contributed by atoms with van der Waals surface area (Å²) in [5.74, 6) is 0.437. The predicted octanol–water partition coefficient (Wildman–Crippen LogP) is 2.14. The summed E-state index contributed by atoms with van der Waals surface area (Å²) >= 11 is 0. The quantitative estimate of drug-likeness (QED) is 0.901. The van der Waals surface area contributed by atoms with Gasteiger partial charge in [-0.3, -0.25) is 4.79 Å². The first kappa shape index (κ1) is 15.6. The number of carboxylic acids is 1. The predicted molar refractivity (Wildman–Crippen MR) is 80.2 cm³/mol. The van der Waals surface area contributed by atoms with Crippen molar-refractivity contribution in [1.29, 1.82) is 0 Å². The summed E-state index contributed by atoms with van der Waals surface area (Å²) < 4.78 is 10.5. The highest BCUT2D eigenvalue weighted by Gasteiger charge is 2.43. The summed E-state index contributed by atoms with van der Waals surface area (Å²) in [5.41, 5.74) is -0.0333. The van der Waals surface area contributed by atoms with Gasteiger partial charge in [0.2, 0.25) is 0 Å². The van der Waals surface area contributed by atoms with Crippen molar-refractivity contribution in [3.05, 3.63) is 23.8 Å². The lowest BCUT2D eigenvalue weighted by Crippen LogP contribution is -2.47. The van der Waals surface area contributed by atoms with E-state index in [-0.39, 0.29) is 0 Å². The maximum Gasteiger partial charge on any atom is 0.314 e. The second-order valence-electron chi connectivity index (χ2n) is 5.39. The topological polar surface area (TPSA) is 59.0 Å². The smallest absolute Gasteiger partial charge is 0.314 e. The number of methoxy groups -OCH3 is 2. The van der Waals surface area contributed by atoms with E-state index in [4.69, 9.17) is 9.47 Å². The van der Waals surface area contributed by atoms with Crippen molar-refractivity contribution in [1.82, 2.24) is 4.90 Å². The van der Waals surface area contributed by atoms with Gasteiger partial charge in [0.25, 0.3) is 0 Å². The van der Waals surface area contributed by atoms with Crippen LogP contribution in [0.15, 0.2) is 18.2 Å². The molecule has 0 aromatic heterocycles. The molecule has 0 atom stereocenters. The molecule has 21 heavy (non-hydrogen) atoms. The molecular formula is C16H23NO4. The molecule has 116 valence electrons. The van der Waals surface area contributed by atoms with Gasteiger partial charge in [-0.2, -0.15) is 0 Å². The Morgan fingerprint density at radius 3 is 2.33 bits per heavy atom. The van der Waals surface area contributed by atoms with Crippen LogP contribution in [0.2, 0.25) is 0 Å². The van der Waals surface area contributed by atoms with E-state index in [0.29, 0.717) is 24.3 Å². The van der Waals surface area contributed by atoms with Crippen LogP contribution in [0.5, 0.6) is 11.5 Å². The SMILES string of the molecule is CCN1CCC(C(=O)O)(c2ccc(OC)c(OC)c2)CC1. The average molecular weight is 293 g/mol. The van der Waals surface area contributed by atoms with Gasteiger partial charge in [-0.05, 0) is 50.2 Å². The van der Waals surface area contributed by atoms with E-state index < -0.39 is 11.4 Å². The molecule has 1 aromatic rings. The molecule has 1 N–H and O–H groups in total. The Balaban J connectivity index is 2.37. The Labute approximate surface area is 125 Å². The van der Waals surface area contributed by atoms with Gasteiger partial charge in [0.1, 0.15) is 0 Å². The standard InChI is InChI=1S/C16H23NO4/c1-4-17-9-7-16(8-10-17,15(18)19)12-5-6-13(20-2)14(11-12)21-3/h5-6,11H,4,7-10H2,1-3H3,(H,18,19). The molecular weight excluding hydrogens is 270 g/mol. The number of hydrogen-bond acceptors (Lipinski definition) is 4. The van der Waals surface area contributed by atoms with Crippen LogP contribution in [0.25, 0.3) is 0 Å². The number of likely N-dealkylation sites (tertiary alicyclic amines) is 1. The van der Waals surface area contributed by atoms with Crippen LogP contribution in [0, 0.1) is 0 Å². The van der Waals surface area contributed by atoms with Crippen molar-refractivity contribution in [2.45, 2.75) is 25.2 Å². The molecule has 1 aliphatic rings. The Kier molecular flexibility index (Phi) is 4.73. The van der Waals surface area contributed by atoms with Crippen molar-refractivity contribution < 1.29 is 19.4 Å². The number of carbonyl (C=O) groups is 1. The molecule has 0 amide bonds. The molecule has 1 aromatic carbocycles. The van der Waals surface area contributed by atoms with E-state index in [1.165, 1.54) is 0 Å². The fraction of sp³-hybridized carbons (Fsp3) is 0.562. The van der Waals surface area contributed by atoms with Gasteiger partial charge >= 0.3 is 5.97 Å². The van der Waals surface area contributed by atoms with Crippen molar-refractivity contribution in [2.75, 3.05) is 33.9 Å². The molecule has 5 heteroatoms. The van der Waals surface area contributed by atoms with Crippen LogP contribution in [-0.2, 0) is 10.2 Å². The molecule has 0 spiro atoms. The summed E-state index contributed by atoms with van der Waals surface area (Å²) in [4.78, 5) is 14.2. The van der Waals surface area contributed by atoms with E-state index >= 15 is 0 Å². The van der Waals surface area contributed by atoms with Crippen LogP contribution in [0.3, 0.4) is 0 Å². The third-order valence-corrected chi connectivity index (χ3v) is 4.50. The molecule has 1 aliphatic heterocycles. The van der Waals surface area contributed by atoms with Crippen LogP contribution in [0.4, 0.5) is 0 Å². The summed E-state index contributed by atoms with van der Waals surface area (Å²) in [7, 11) is 3.14. The Morgan fingerprint density at radius 1 is 1.24 bits per heavy atom. The highest BCUT2D eigenvalue weighted by Crippen LogP contribution is 2.39. The van der Waals surface area contributed by atoms with E-state index in [2.05, 4.69) is 11.8 Å². The third kappa shape index (κ3) is 2.83. The van der Waals surface area contributed by atoms with E-state index in [0.717, 1.165) is 25.2 Å².